The Morgan fingerprint density at radius 3 is 2.48 bits per heavy atom. The van der Waals surface area contributed by atoms with Gasteiger partial charge in [-0.15, -0.1) is 12.4 Å². The number of ether oxygens (including phenoxy) is 2. The molecule has 0 unspecified atom stereocenters. The van der Waals surface area contributed by atoms with E-state index in [1.165, 1.54) is 0 Å². The molecule has 0 bridgehead atoms. The van der Waals surface area contributed by atoms with Crippen molar-refractivity contribution in [2.24, 2.45) is 0 Å². The predicted octanol–water partition coefficient (Wildman–Crippen LogP) is 3.20. The molecule has 0 aliphatic carbocycles. The molecule has 0 radical (unpaired) electrons. The number of rotatable bonds is 2. The van der Waals surface area contributed by atoms with Crippen LogP contribution in [0.1, 0.15) is 5.56 Å². The highest BCUT2D eigenvalue weighted by Crippen LogP contribution is 2.39. The van der Waals surface area contributed by atoms with Gasteiger partial charge < -0.3 is 19.7 Å². The molecule has 1 aliphatic rings. The van der Waals surface area contributed by atoms with E-state index in [1.54, 1.807) is 26.4 Å². The lowest BCUT2D eigenvalue weighted by Crippen LogP contribution is -2.40. The van der Waals surface area contributed by atoms with Gasteiger partial charge in [0.25, 0.3) is 0 Å². The van der Waals surface area contributed by atoms with Gasteiger partial charge in [-0.3, -0.25) is 0 Å². The molecule has 1 aromatic heterocycles. The molecule has 2 N–H and O–H groups in total. The molecule has 0 amide bonds. The van der Waals surface area contributed by atoms with Crippen molar-refractivity contribution in [1.82, 2.24) is 0 Å². The van der Waals surface area contributed by atoms with Crippen LogP contribution in [-0.4, -0.2) is 24.4 Å². The molecule has 0 saturated carbocycles. The summed E-state index contributed by atoms with van der Waals surface area (Å²) in [5.74, 6) is 1.23. The lowest BCUT2D eigenvalue weighted by molar-refractivity contribution is -0.686. The number of nitrogens with zero attached hydrogens (tertiary/aromatic N) is 1. The zero-order chi connectivity index (χ0) is 16.8. The molecule has 0 spiro atoms. The summed E-state index contributed by atoms with van der Waals surface area (Å²) in [7, 11) is 3.09. The van der Waals surface area contributed by atoms with Gasteiger partial charge in [0.05, 0.1) is 25.2 Å². The number of fused-ring (bicyclic) bond motifs is 4. The highest BCUT2D eigenvalue weighted by molar-refractivity contribution is 5.91. The SMILES string of the molecule is COc1cc2c(cc1O)CC[n+]1cc3c(O)c(OC)ccc3cc1-2.Cl. The minimum absolute atomic E-state index is 0. The minimum Gasteiger partial charge on any atom is -0.504 e. The van der Waals surface area contributed by atoms with Crippen molar-refractivity contribution in [2.45, 2.75) is 13.0 Å². The molecule has 3 aromatic rings. The second-order valence-electron chi connectivity index (χ2n) is 5.90. The first-order valence-electron chi connectivity index (χ1n) is 7.75. The van der Waals surface area contributed by atoms with Crippen molar-refractivity contribution < 1.29 is 24.3 Å². The van der Waals surface area contributed by atoms with E-state index in [9.17, 15) is 10.2 Å². The van der Waals surface area contributed by atoms with Gasteiger partial charge in [-0.25, -0.2) is 0 Å². The normalized spacial score (nSPS) is 12.1. The molecule has 2 heterocycles. The van der Waals surface area contributed by atoms with E-state index in [1.807, 2.05) is 24.4 Å². The second kappa shape index (κ2) is 6.33. The largest absolute Gasteiger partial charge is 0.504 e. The highest BCUT2D eigenvalue weighted by atomic mass is 35.5. The monoisotopic (exact) mass is 360 g/mol. The molecule has 0 fully saturated rings. The first-order valence-corrected chi connectivity index (χ1v) is 7.75. The average molecular weight is 361 g/mol. The molecular weight excluding hydrogens is 342 g/mol. The van der Waals surface area contributed by atoms with E-state index in [0.717, 1.165) is 40.6 Å². The highest BCUT2D eigenvalue weighted by Gasteiger charge is 2.26. The fourth-order valence-corrected chi connectivity index (χ4v) is 3.36. The predicted molar refractivity (Wildman–Crippen MR) is 97.0 cm³/mol. The van der Waals surface area contributed by atoms with E-state index in [0.29, 0.717) is 11.5 Å². The maximum atomic E-state index is 10.4. The molecule has 2 aromatic carbocycles. The summed E-state index contributed by atoms with van der Waals surface area (Å²) in [6, 6.07) is 9.37. The van der Waals surface area contributed by atoms with Crippen LogP contribution in [-0.2, 0) is 13.0 Å². The number of phenolic OH excluding ortho intramolecular Hbond substituents is 2. The molecular formula is C19H19ClNO4+. The number of phenols is 2. The van der Waals surface area contributed by atoms with Gasteiger partial charge in [-0.05, 0) is 35.2 Å². The lowest BCUT2D eigenvalue weighted by Gasteiger charge is -2.17. The lowest BCUT2D eigenvalue weighted by atomic mass is 9.95. The third kappa shape index (κ3) is 2.61. The third-order valence-electron chi connectivity index (χ3n) is 4.62. The molecule has 6 heteroatoms. The summed E-state index contributed by atoms with van der Waals surface area (Å²) in [6.45, 7) is 0.778. The van der Waals surface area contributed by atoms with Crippen molar-refractivity contribution in [3.05, 3.63) is 42.1 Å². The Hall–Kier alpha value is -2.66. The summed E-state index contributed by atoms with van der Waals surface area (Å²) in [5, 5.41) is 22.1. The third-order valence-corrected chi connectivity index (χ3v) is 4.62. The van der Waals surface area contributed by atoms with Gasteiger partial charge in [-0.2, -0.15) is 4.57 Å². The Morgan fingerprint density at radius 2 is 1.76 bits per heavy atom. The fraction of sp³-hybridized carbons (Fsp3) is 0.211. The van der Waals surface area contributed by atoms with Crippen LogP contribution in [0.2, 0.25) is 0 Å². The van der Waals surface area contributed by atoms with Crippen LogP contribution >= 0.6 is 12.4 Å². The maximum Gasteiger partial charge on any atom is 0.213 e. The van der Waals surface area contributed by atoms with Crippen molar-refractivity contribution in [3.63, 3.8) is 0 Å². The van der Waals surface area contributed by atoms with Crippen LogP contribution in [0.15, 0.2) is 36.5 Å². The van der Waals surface area contributed by atoms with Gasteiger partial charge in [0.1, 0.15) is 0 Å². The van der Waals surface area contributed by atoms with E-state index >= 15 is 0 Å². The molecule has 0 saturated heterocycles. The number of hydrogen-bond acceptors (Lipinski definition) is 4. The Kier molecular flexibility index (Phi) is 4.35. The zero-order valence-electron chi connectivity index (χ0n) is 13.9. The number of aromatic nitrogens is 1. The second-order valence-corrected chi connectivity index (χ2v) is 5.90. The van der Waals surface area contributed by atoms with Gasteiger partial charge in [0.2, 0.25) is 5.69 Å². The van der Waals surface area contributed by atoms with Crippen molar-refractivity contribution >= 4 is 23.2 Å². The summed E-state index contributed by atoms with van der Waals surface area (Å²) in [5.41, 5.74) is 3.16. The van der Waals surface area contributed by atoms with Crippen LogP contribution in [0, 0.1) is 0 Å². The van der Waals surface area contributed by atoms with E-state index in [-0.39, 0.29) is 23.9 Å². The maximum absolute atomic E-state index is 10.4. The number of aromatic hydroxyl groups is 2. The van der Waals surface area contributed by atoms with Crippen molar-refractivity contribution in [1.29, 1.82) is 0 Å². The first kappa shape index (κ1) is 17.2. The summed E-state index contributed by atoms with van der Waals surface area (Å²) in [6.07, 6.45) is 2.76. The summed E-state index contributed by atoms with van der Waals surface area (Å²) in [4.78, 5) is 0. The number of hydrogen-bond donors (Lipinski definition) is 2. The molecule has 4 rings (SSSR count). The van der Waals surface area contributed by atoms with Gasteiger partial charge in [0.15, 0.2) is 35.7 Å². The molecule has 5 nitrogen and oxygen atoms in total. The topological polar surface area (TPSA) is 62.8 Å². The van der Waals surface area contributed by atoms with Crippen molar-refractivity contribution in [2.75, 3.05) is 14.2 Å². The quantitative estimate of drug-likeness (QED) is 0.689. The average Bonchev–Trinajstić information content (AvgIpc) is 2.60. The van der Waals surface area contributed by atoms with Gasteiger partial charge in [0, 0.05) is 12.5 Å². The van der Waals surface area contributed by atoms with E-state index in [2.05, 4.69) is 4.57 Å². The molecule has 0 atom stereocenters. The van der Waals surface area contributed by atoms with Crippen LogP contribution < -0.4 is 14.0 Å². The van der Waals surface area contributed by atoms with Crippen LogP contribution in [0.5, 0.6) is 23.0 Å². The first-order chi connectivity index (χ1) is 11.6. The Balaban J connectivity index is 0.00000182. The number of pyridine rings is 1. The van der Waals surface area contributed by atoms with E-state index in [4.69, 9.17) is 9.47 Å². The zero-order valence-corrected chi connectivity index (χ0v) is 14.8. The smallest absolute Gasteiger partial charge is 0.213 e. The van der Waals surface area contributed by atoms with Gasteiger partial charge in [-0.1, -0.05) is 0 Å². The molecule has 130 valence electrons. The number of halogens is 1. The Bertz CT molecular complexity index is 972. The van der Waals surface area contributed by atoms with Crippen LogP contribution in [0.25, 0.3) is 22.0 Å². The summed E-state index contributed by atoms with van der Waals surface area (Å²) < 4.78 is 12.6. The fourth-order valence-electron chi connectivity index (χ4n) is 3.36. The summed E-state index contributed by atoms with van der Waals surface area (Å²) >= 11 is 0. The van der Waals surface area contributed by atoms with Crippen LogP contribution in [0.3, 0.4) is 0 Å². The standard InChI is InChI=1S/C19H17NO4.ClH/c1-23-17-4-3-11-7-15-13-9-18(24-2)16(21)8-12(13)5-6-20(15)10-14(11)19(17)22;/h3-4,7-10H,5-6H2,1-2H3,(H,21,22);1H/p+1. The molecule has 25 heavy (non-hydrogen) atoms. The van der Waals surface area contributed by atoms with E-state index < -0.39 is 0 Å². The van der Waals surface area contributed by atoms with Gasteiger partial charge >= 0.3 is 0 Å². The van der Waals surface area contributed by atoms with Crippen LogP contribution in [0.4, 0.5) is 0 Å². The number of benzene rings is 2. The number of methoxy groups -OCH3 is 2. The number of aryl methyl sites for hydroxylation is 2. The van der Waals surface area contributed by atoms with Crippen molar-refractivity contribution in [3.8, 4) is 34.3 Å². The molecule has 1 aliphatic heterocycles. The Morgan fingerprint density at radius 1 is 1.00 bits per heavy atom. The Labute approximate surface area is 151 Å². The minimum atomic E-state index is 0.